The number of aryl methyl sites for hydroxylation is 1. The summed E-state index contributed by atoms with van der Waals surface area (Å²) in [6.45, 7) is 5.10. The summed E-state index contributed by atoms with van der Waals surface area (Å²) in [6, 6.07) is 16.6. The number of piperazine rings is 1. The van der Waals surface area contributed by atoms with E-state index in [2.05, 4.69) is 52.2 Å². The summed E-state index contributed by atoms with van der Waals surface area (Å²) >= 11 is 0. The first-order chi connectivity index (χ1) is 13.6. The fourth-order valence-corrected chi connectivity index (χ4v) is 3.83. The lowest BCUT2D eigenvalue weighted by molar-refractivity contribution is -0.133. The molecule has 6 nitrogen and oxygen atoms in total. The second-order valence-electron chi connectivity index (χ2n) is 7.36. The quantitative estimate of drug-likeness (QED) is 0.759. The van der Waals surface area contributed by atoms with Crippen LogP contribution in [0.4, 0.5) is 5.69 Å². The van der Waals surface area contributed by atoms with Gasteiger partial charge in [0.2, 0.25) is 5.91 Å². The number of benzene rings is 2. The molecule has 1 atom stereocenters. The Morgan fingerprint density at radius 3 is 2.54 bits per heavy atom. The molecular weight excluding hydrogens is 350 g/mol. The van der Waals surface area contributed by atoms with Crippen molar-refractivity contribution in [1.82, 2.24) is 19.8 Å². The highest BCUT2D eigenvalue weighted by Gasteiger charge is 2.24. The van der Waals surface area contributed by atoms with Gasteiger partial charge in [0, 0.05) is 44.5 Å². The van der Waals surface area contributed by atoms with Gasteiger partial charge in [0.25, 0.3) is 0 Å². The third-order valence-corrected chi connectivity index (χ3v) is 5.65. The SMILES string of the molecule is CN[C@@H](C)C(=O)N1CCN(c2cccc(-c3nc4ccccc4n3C)c2)CC1. The van der Waals surface area contributed by atoms with E-state index in [1.165, 1.54) is 5.69 Å². The molecular formula is C22H27N5O. The molecule has 0 unspecified atom stereocenters. The first kappa shape index (κ1) is 18.5. The summed E-state index contributed by atoms with van der Waals surface area (Å²) in [7, 11) is 3.88. The van der Waals surface area contributed by atoms with Crippen molar-refractivity contribution in [3.63, 3.8) is 0 Å². The Kier molecular flexibility index (Phi) is 5.05. The Bertz CT molecular complexity index is 988. The third-order valence-electron chi connectivity index (χ3n) is 5.65. The van der Waals surface area contributed by atoms with Crippen LogP contribution in [-0.2, 0) is 11.8 Å². The fraction of sp³-hybridized carbons (Fsp3) is 0.364. The second kappa shape index (κ2) is 7.64. The van der Waals surface area contributed by atoms with Crippen molar-refractivity contribution in [2.45, 2.75) is 13.0 Å². The molecule has 0 spiro atoms. The minimum Gasteiger partial charge on any atom is -0.368 e. The third kappa shape index (κ3) is 3.36. The number of para-hydroxylation sites is 2. The molecule has 1 fully saturated rings. The van der Waals surface area contributed by atoms with Crippen LogP contribution in [0.2, 0.25) is 0 Å². The van der Waals surface area contributed by atoms with Gasteiger partial charge in [-0.1, -0.05) is 24.3 Å². The zero-order valence-corrected chi connectivity index (χ0v) is 16.7. The molecule has 1 saturated heterocycles. The van der Waals surface area contributed by atoms with E-state index in [-0.39, 0.29) is 11.9 Å². The molecule has 1 amide bonds. The Labute approximate surface area is 165 Å². The Hall–Kier alpha value is -2.86. The predicted molar refractivity (Wildman–Crippen MR) is 113 cm³/mol. The standard InChI is InChI=1S/C22H27N5O/c1-16(23-2)22(28)27-13-11-26(12-14-27)18-8-6-7-17(15-18)21-24-19-9-4-5-10-20(19)25(21)3/h4-10,15-16,23H,11-14H2,1-3H3/t16-/m0/s1. The molecule has 0 aliphatic carbocycles. The number of hydrogen-bond acceptors (Lipinski definition) is 4. The average Bonchev–Trinajstić information content (AvgIpc) is 3.09. The zero-order chi connectivity index (χ0) is 19.7. The molecule has 0 bridgehead atoms. The van der Waals surface area contributed by atoms with Crippen molar-refractivity contribution in [1.29, 1.82) is 0 Å². The molecule has 6 heteroatoms. The fourth-order valence-electron chi connectivity index (χ4n) is 3.83. The minimum atomic E-state index is -0.132. The minimum absolute atomic E-state index is 0.132. The van der Waals surface area contributed by atoms with Gasteiger partial charge in [-0.3, -0.25) is 4.79 Å². The molecule has 1 N–H and O–H groups in total. The van der Waals surface area contributed by atoms with Gasteiger partial charge >= 0.3 is 0 Å². The van der Waals surface area contributed by atoms with Gasteiger partial charge in [-0.2, -0.15) is 0 Å². The van der Waals surface area contributed by atoms with Crippen LogP contribution in [0.1, 0.15) is 6.92 Å². The van der Waals surface area contributed by atoms with E-state index in [0.29, 0.717) is 0 Å². The van der Waals surface area contributed by atoms with Crippen LogP contribution in [0, 0.1) is 0 Å². The number of hydrogen-bond donors (Lipinski definition) is 1. The van der Waals surface area contributed by atoms with Crippen LogP contribution in [0.5, 0.6) is 0 Å². The number of anilines is 1. The highest BCUT2D eigenvalue weighted by atomic mass is 16.2. The van der Waals surface area contributed by atoms with Crippen molar-refractivity contribution in [3.8, 4) is 11.4 Å². The number of carbonyl (C=O) groups excluding carboxylic acids is 1. The highest BCUT2D eigenvalue weighted by molar-refractivity contribution is 5.82. The van der Waals surface area contributed by atoms with Gasteiger partial charge in [-0.15, -0.1) is 0 Å². The molecule has 146 valence electrons. The molecule has 3 aromatic rings. The smallest absolute Gasteiger partial charge is 0.239 e. The van der Waals surface area contributed by atoms with E-state index < -0.39 is 0 Å². The van der Waals surface area contributed by atoms with Gasteiger partial charge in [-0.05, 0) is 38.2 Å². The molecule has 1 aliphatic rings. The van der Waals surface area contributed by atoms with E-state index in [1.54, 1.807) is 0 Å². The number of carbonyl (C=O) groups is 1. The van der Waals surface area contributed by atoms with Crippen LogP contribution >= 0.6 is 0 Å². The van der Waals surface area contributed by atoms with E-state index in [0.717, 1.165) is 48.6 Å². The first-order valence-corrected chi connectivity index (χ1v) is 9.81. The lowest BCUT2D eigenvalue weighted by Gasteiger charge is -2.37. The Balaban J connectivity index is 1.53. The lowest BCUT2D eigenvalue weighted by atomic mass is 10.1. The van der Waals surface area contributed by atoms with E-state index >= 15 is 0 Å². The van der Waals surface area contributed by atoms with Crippen molar-refractivity contribution < 1.29 is 4.79 Å². The topological polar surface area (TPSA) is 53.4 Å². The highest BCUT2D eigenvalue weighted by Crippen LogP contribution is 2.27. The number of rotatable bonds is 4. The summed E-state index contributed by atoms with van der Waals surface area (Å²) < 4.78 is 2.14. The lowest BCUT2D eigenvalue weighted by Crippen LogP contribution is -2.53. The van der Waals surface area contributed by atoms with Gasteiger partial charge in [0.05, 0.1) is 17.1 Å². The summed E-state index contributed by atoms with van der Waals surface area (Å²) in [4.78, 5) is 21.5. The number of likely N-dealkylation sites (N-methyl/N-ethyl adjacent to an activating group) is 1. The number of fused-ring (bicyclic) bond motifs is 1. The molecule has 1 aliphatic heterocycles. The van der Waals surface area contributed by atoms with Gasteiger partial charge < -0.3 is 19.7 Å². The number of aromatic nitrogens is 2. The number of imidazole rings is 1. The van der Waals surface area contributed by atoms with Crippen molar-refractivity contribution in [3.05, 3.63) is 48.5 Å². The van der Waals surface area contributed by atoms with E-state index in [9.17, 15) is 4.79 Å². The average molecular weight is 377 g/mol. The van der Waals surface area contributed by atoms with Crippen LogP contribution in [0.15, 0.2) is 48.5 Å². The largest absolute Gasteiger partial charge is 0.368 e. The summed E-state index contributed by atoms with van der Waals surface area (Å²) in [5.74, 6) is 1.15. The van der Waals surface area contributed by atoms with Crippen LogP contribution in [0.3, 0.4) is 0 Å². The monoisotopic (exact) mass is 377 g/mol. The number of nitrogens with one attached hydrogen (secondary N) is 1. The Morgan fingerprint density at radius 1 is 1.07 bits per heavy atom. The summed E-state index contributed by atoms with van der Waals surface area (Å²) in [5.41, 5.74) is 4.43. The van der Waals surface area contributed by atoms with Crippen LogP contribution in [0.25, 0.3) is 22.4 Å². The maximum Gasteiger partial charge on any atom is 0.239 e. The van der Waals surface area contributed by atoms with Crippen molar-refractivity contribution in [2.75, 3.05) is 38.1 Å². The molecule has 0 saturated carbocycles. The number of amides is 1. The molecule has 2 heterocycles. The molecule has 2 aromatic carbocycles. The Morgan fingerprint density at radius 2 is 1.82 bits per heavy atom. The first-order valence-electron chi connectivity index (χ1n) is 9.81. The molecule has 0 radical (unpaired) electrons. The maximum absolute atomic E-state index is 12.4. The second-order valence-corrected chi connectivity index (χ2v) is 7.36. The molecule has 1 aromatic heterocycles. The van der Waals surface area contributed by atoms with Crippen LogP contribution < -0.4 is 10.2 Å². The predicted octanol–water partition coefficient (Wildman–Crippen LogP) is 2.50. The van der Waals surface area contributed by atoms with Crippen LogP contribution in [-0.4, -0.2) is 59.6 Å². The molecule has 28 heavy (non-hydrogen) atoms. The normalized spacial score (nSPS) is 15.8. The van der Waals surface area contributed by atoms with Gasteiger partial charge in [0.1, 0.15) is 5.82 Å². The van der Waals surface area contributed by atoms with Gasteiger partial charge in [0.15, 0.2) is 0 Å². The number of nitrogens with zero attached hydrogens (tertiary/aromatic N) is 4. The zero-order valence-electron chi connectivity index (χ0n) is 16.7. The van der Waals surface area contributed by atoms with E-state index in [1.807, 2.05) is 37.1 Å². The molecule has 4 rings (SSSR count). The van der Waals surface area contributed by atoms with E-state index in [4.69, 9.17) is 4.98 Å². The maximum atomic E-state index is 12.4. The van der Waals surface area contributed by atoms with Crippen molar-refractivity contribution in [2.24, 2.45) is 7.05 Å². The van der Waals surface area contributed by atoms with Gasteiger partial charge in [-0.25, -0.2) is 4.98 Å². The summed E-state index contributed by atoms with van der Waals surface area (Å²) in [5, 5.41) is 3.03. The summed E-state index contributed by atoms with van der Waals surface area (Å²) in [6.07, 6.45) is 0. The van der Waals surface area contributed by atoms with Crippen molar-refractivity contribution >= 4 is 22.6 Å².